The van der Waals surface area contributed by atoms with Gasteiger partial charge in [0.25, 0.3) is 0 Å². The highest BCUT2D eigenvalue weighted by Crippen LogP contribution is 2.17. The standard InChI is InChI=1S/C17H27NO/c1-15-8-6-11-17(14-15)19-13-7-12-18-16-9-4-2-3-5-10-16/h6,8,11,14,16,18H,2-5,7,9-10,12-13H2,1H3. The lowest BCUT2D eigenvalue weighted by molar-refractivity contribution is 0.302. The van der Waals surface area contributed by atoms with Crippen LogP contribution in [0.5, 0.6) is 5.75 Å². The van der Waals surface area contributed by atoms with Crippen LogP contribution in [0.2, 0.25) is 0 Å². The van der Waals surface area contributed by atoms with E-state index in [0.717, 1.165) is 31.4 Å². The van der Waals surface area contributed by atoms with E-state index < -0.39 is 0 Å². The molecule has 0 bridgehead atoms. The van der Waals surface area contributed by atoms with Gasteiger partial charge in [-0.15, -0.1) is 0 Å². The topological polar surface area (TPSA) is 21.3 Å². The highest BCUT2D eigenvalue weighted by Gasteiger charge is 2.10. The monoisotopic (exact) mass is 261 g/mol. The normalized spacial score (nSPS) is 17.1. The summed E-state index contributed by atoms with van der Waals surface area (Å²) in [5.74, 6) is 0.995. The predicted octanol–water partition coefficient (Wildman–Crippen LogP) is 4.08. The molecule has 1 aliphatic rings. The lowest BCUT2D eigenvalue weighted by Crippen LogP contribution is -2.30. The molecule has 19 heavy (non-hydrogen) atoms. The number of benzene rings is 1. The Labute approximate surface area is 117 Å². The van der Waals surface area contributed by atoms with Crippen LogP contribution in [0.25, 0.3) is 0 Å². The molecule has 0 heterocycles. The molecule has 1 aliphatic carbocycles. The van der Waals surface area contributed by atoms with Crippen molar-refractivity contribution in [1.82, 2.24) is 5.32 Å². The molecule has 1 N–H and O–H groups in total. The van der Waals surface area contributed by atoms with Crippen LogP contribution in [0.1, 0.15) is 50.5 Å². The third kappa shape index (κ3) is 5.65. The van der Waals surface area contributed by atoms with Crippen molar-refractivity contribution in [2.75, 3.05) is 13.2 Å². The molecule has 2 rings (SSSR count). The lowest BCUT2D eigenvalue weighted by Gasteiger charge is -2.16. The van der Waals surface area contributed by atoms with E-state index >= 15 is 0 Å². The summed E-state index contributed by atoms with van der Waals surface area (Å²) in [7, 11) is 0. The molecule has 0 atom stereocenters. The molecule has 0 spiro atoms. The summed E-state index contributed by atoms with van der Waals surface area (Å²) in [6, 6.07) is 9.03. The number of rotatable bonds is 6. The van der Waals surface area contributed by atoms with E-state index in [1.807, 2.05) is 6.07 Å². The maximum absolute atomic E-state index is 5.76. The van der Waals surface area contributed by atoms with Gasteiger partial charge in [-0.1, -0.05) is 37.8 Å². The van der Waals surface area contributed by atoms with Crippen molar-refractivity contribution in [2.24, 2.45) is 0 Å². The van der Waals surface area contributed by atoms with Gasteiger partial charge < -0.3 is 10.1 Å². The fourth-order valence-electron chi connectivity index (χ4n) is 2.76. The second kappa shape index (κ2) is 8.21. The first-order valence-electron chi connectivity index (χ1n) is 7.77. The van der Waals surface area contributed by atoms with Gasteiger partial charge in [-0.2, -0.15) is 0 Å². The molecule has 0 unspecified atom stereocenters. The zero-order chi connectivity index (χ0) is 13.3. The molecule has 1 aromatic carbocycles. The highest BCUT2D eigenvalue weighted by atomic mass is 16.5. The quantitative estimate of drug-likeness (QED) is 0.615. The smallest absolute Gasteiger partial charge is 0.119 e. The zero-order valence-corrected chi connectivity index (χ0v) is 12.2. The summed E-state index contributed by atoms with van der Waals surface area (Å²) in [4.78, 5) is 0. The second-order valence-corrected chi connectivity index (χ2v) is 5.66. The molecule has 0 amide bonds. The van der Waals surface area contributed by atoms with Crippen LogP contribution in [0.15, 0.2) is 24.3 Å². The Hall–Kier alpha value is -1.02. The number of nitrogens with one attached hydrogen (secondary N) is 1. The van der Waals surface area contributed by atoms with Gasteiger partial charge in [-0.05, 0) is 50.4 Å². The minimum absolute atomic E-state index is 0.751. The zero-order valence-electron chi connectivity index (χ0n) is 12.2. The van der Waals surface area contributed by atoms with Gasteiger partial charge in [0.05, 0.1) is 6.61 Å². The molecular formula is C17H27NO. The van der Waals surface area contributed by atoms with Crippen molar-refractivity contribution >= 4 is 0 Å². The highest BCUT2D eigenvalue weighted by molar-refractivity contribution is 5.27. The van der Waals surface area contributed by atoms with E-state index in [2.05, 4.69) is 30.4 Å². The summed E-state index contributed by atoms with van der Waals surface area (Å²) in [6.07, 6.45) is 9.46. The molecule has 1 aromatic rings. The van der Waals surface area contributed by atoms with E-state index in [4.69, 9.17) is 4.74 Å². The second-order valence-electron chi connectivity index (χ2n) is 5.66. The van der Waals surface area contributed by atoms with Gasteiger partial charge in [0.15, 0.2) is 0 Å². The van der Waals surface area contributed by atoms with Crippen LogP contribution < -0.4 is 10.1 Å². The Morgan fingerprint density at radius 3 is 2.68 bits per heavy atom. The first-order valence-corrected chi connectivity index (χ1v) is 7.77. The number of hydrogen-bond acceptors (Lipinski definition) is 2. The van der Waals surface area contributed by atoms with Gasteiger partial charge in [-0.25, -0.2) is 0 Å². The number of aryl methyl sites for hydroxylation is 1. The van der Waals surface area contributed by atoms with Crippen LogP contribution >= 0.6 is 0 Å². The third-order valence-corrected chi connectivity index (χ3v) is 3.87. The third-order valence-electron chi connectivity index (χ3n) is 3.87. The molecule has 106 valence electrons. The Bertz CT molecular complexity index is 356. The molecule has 2 nitrogen and oxygen atoms in total. The van der Waals surface area contributed by atoms with Crippen LogP contribution in [0.4, 0.5) is 0 Å². The Morgan fingerprint density at radius 1 is 1.16 bits per heavy atom. The predicted molar refractivity (Wildman–Crippen MR) is 80.8 cm³/mol. The van der Waals surface area contributed by atoms with Gasteiger partial charge in [0, 0.05) is 6.04 Å². The van der Waals surface area contributed by atoms with Gasteiger partial charge in [0.1, 0.15) is 5.75 Å². The molecule has 2 heteroatoms. The molecular weight excluding hydrogens is 234 g/mol. The van der Waals surface area contributed by atoms with Crippen LogP contribution in [-0.4, -0.2) is 19.2 Å². The van der Waals surface area contributed by atoms with Crippen LogP contribution in [0, 0.1) is 6.92 Å². The first-order chi connectivity index (χ1) is 9.34. The van der Waals surface area contributed by atoms with Crippen molar-refractivity contribution in [3.63, 3.8) is 0 Å². The largest absolute Gasteiger partial charge is 0.494 e. The van der Waals surface area contributed by atoms with Gasteiger partial charge >= 0.3 is 0 Å². The van der Waals surface area contributed by atoms with E-state index in [-0.39, 0.29) is 0 Å². The molecule has 0 aromatic heterocycles. The first kappa shape index (κ1) is 14.4. The van der Waals surface area contributed by atoms with E-state index in [0.29, 0.717) is 0 Å². The molecule has 0 saturated heterocycles. The summed E-state index contributed by atoms with van der Waals surface area (Å²) < 4.78 is 5.76. The fraction of sp³-hybridized carbons (Fsp3) is 0.647. The Balaban J connectivity index is 1.56. The van der Waals surface area contributed by atoms with Gasteiger partial charge in [0.2, 0.25) is 0 Å². The average Bonchev–Trinajstić information content (AvgIpc) is 2.67. The van der Waals surface area contributed by atoms with Crippen LogP contribution in [-0.2, 0) is 0 Å². The maximum Gasteiger partial charge on any atom is 0.119 e. The summed E-state index contributed by atoms with van der Waals surface area (Å²) in [5, 5.41) is 3.68. The van der Waals surface area contributed by atoms with Crippen molar-refractivity contribution in [3.05, 3.63) is 29.8 Å². The van der Waals surface area contributed by atoms with Crippen molar-refractivity contribution in [1.29, 1.82) is 0 Å². The van der Waals surface area contributed by atoms with E-state index in [1.54, 1.807) is 0 Å². The molecule has 0 radical (unpaired) electrons. The Kier molecular flexibility index (Phi) is 6.22. The average molecular weight is 261 g/mol. The van der Waals surface area contributed by atoms with E-state index in [1.165, 1.54) is 44.1 Å². The minimum atomic E-state index is 0.751. The minimum Gasteiger partial charge on any atom is -0.494 e. The van der Waals surface area contributed by atoms with E-state index in [9.17, 15) is 0 Å². The van der Waals surface area contributed by atoms with Crippen molar-refractivity contribution in [2.45, 2.75) is 57.9 Å². The summed E-state index contributed by atoms with van der Waals surface area (Å²) in [6.45, 7) is 3.99. The van der Waals surface area contributed by atoms with Crippen molar-refractivity contribution in [3.8, 4) is 5.75 Å². The number of hydrogen-bond donors (Lipinski definition) is 1. The molecule has 1 saturated carbocycles. The molecule has 1 fully saturated rings. The summed E-state index contributed by atoms with van der Waals surface area (Å²) >= 11 is 0. The van der Waals surface area contributed by atoms with Crippen LogP contribution in [0.3, 0.4) is 0 Å². The Morgan fingerprint density at radius 2 is 1.95 bits per heavy atom. The summed E-state index contributed by atoms with van der Waals surface area (Å²) in [5.41, 5.74) is 1.26. The van der Waals surface area contributed by atoms with Crippen molar-refractivity contribution < 1.29 is 4.74 Å². The maximum atomic E-state index is 5.76. The fourth-order valence-corrected chi connectivity index (χ4v) is 2.76. The number of ether oxygens (including phenoxy) is 1. The lowest BCUT2D eigenvalue weighted by atomic mass is 10.1. The van der Waals surface area contributed by atoms with Gasteiger partial charge in [-0.3, -0.25) is 0 Å². The molecule has 0 aliphatic heterocycles. The SMILES string of the molecule is Cc1cccc(OCCCNC2CCCCCC2)c1.